The highest BCUT2D eigenvalue weighted by molar-refractivity contribution is 7.89. The molecule has 4 rings (SSSR count). The number of rotatable bonds is 6. The normalized spacial score (nSPS) is 16.6. The van der Waals surface area contributed by atoms with Gasteiger partial charge >= 0.3 is 0 Å². The molecule has 1 atom stereocenters. The van der Waals surface area contributed by atoms with Crippen molar-refractivity contribution in [2.45, 2.75) is 37.6 Å². The number of imidazole rings is 1. The summed E-state index contributed by atoms with van der Waals surface area (Å²) in [5, 5.41) is 3.09. The van der Waals surface area contributed by atoms with E-state index in [1.807, 2.05) is 48.9 Å². The summed E-state index contributed by atoms with van der Waals surface area (Å²) in [4.78, 5) is 17.2. The van der Waals surface area contributed by atoms with Crippen molar-refractivity contribution in [2.75, 3.05) is 13.1 Å². The maximum atomic E-state index is 12.9. The molecule has 2 aromatic carbocycles. The Labute approximate surface area is 189 Å². The SMILES string of the molecule is Cc1ccc(S(=O)(=O)N2CCC(C(=O)N[C@H](C)c3ccc(-n4ccnc4)cc3)CC2)cc1. The van der Waals surface area contributed by atoms with Gasteiger partial charge in [-0.3, -0.25) is 4.79 Å². The van der Waals surface area contributed by atoms with Crippen LogP contribution in [0.4, 0.5) is 0 Å². The van der Waals surface area contributed by atoms with Crippen LogP contribution in [0.2, 0.25) is 0 Å². The molecule has 1 aromatic heterocycles. The first-order chi connectivity index (χ1) is 15.3. The lowest BCUT2D eigenvalue weighted by atomic mass is 9.96. The van der Waals surface area contributed by atoms with Crippen LogP contribution in [0.15, 0.2) is 72.1 Å². The Morgan fingerprint density at radius 2 is 1.72 bits per heavy atom. The molecular formula is C24H28N4O3S. The van der Waals surface area contributed by atoms with Gasteiger partial charge in [0, 0.05) is 37.1 Å². The molecule has 3 aromatic rings. The number of sulfonamides is 1. The number of amides is 1. The quantitative estimate of drug-likeness (QED) is 0.621. The van der Waals surface area contributed by atoms with Gasteiger partial charge in [-0.05, 0) is 56.5 Å². The van der Waals surface area contributed by atoms with Crippen molar-refractivity contribution in [1.29, 1.82) is 0 Å². The second-order valence-corrected chi connectivity index (χ2v) is 10.2. The molecule has 7 nitrogen and oxygen atoms in total. The highest BCUT2D eigenvalue weighted by atomic mass is 32.2. The third kappa shape index (κ3) is 4.76. The number of benzene rings is 2. The van der Waals surface area contributed by atoms with Gasteiger partial charge in [0.2, 0.25) is 15.9 Å². The first-order valence-electron chi connectivity index (χ1n) is 10.8. The minimum Gasteiger partial charge on any atom is -0.349 e. The van der Waals surface area contributed by atoms with E-state index >= 15 is 0 Å². The fourth-order valence-electron chi connectivity index (χ4n) is 3.98. The van der Waals surface area contributed by atoms with Crippen molar-refractivity contribution in [3.05, 3.63) is 78.4 Å². The number of aryl methyl sites for hydroxylation is 1. The summed E-state index contributed by atoms with van der Waals surface area (Å²) in [6, 6.07) is 14.7. The van der Waals surface area contributed by atoms with Crippen LogP contribution in [0.25, 0.3) is 5.69 Å². The fourth-order valence-corrected chi connectivity index (χ4v) is 5.45. The van der Waals surface area contributed by atoms with E-state index in [-0.39, 0.29) is 17.9 Å². The Balaban J connectivity index is 1.33. The molecule has 1 amide bonds. The zero-order valence-electron chi connectivity index (χ0n) is 18.3. The number of nitrogens with one attached hydrogen (secondary N) is 1. The number of carbonyl (C=O) groups excluding carboxylic acids is 1. The lowest BCUT2D eigenvalue weighted by molar-refractivity contribution is -0.126. The Bertz CT molecular complexity index is 1150. The topological polar surface area (TPSA) is 84.3 Å². The predicted molar refractivity (Wildman–Crippen MR) is 123 cm³/mol. The predicted octanol–water partition coefficient (Wildman–Crippen LogP) is 3.46. The zero-order chi connectivity index (χ0) is 22.7. The number of aromatic nitrogens is 2. The number of hydrogen-bond donors (Lipinski definition) is 1. The average molecular weight is 453 g/mol. The summed E-state index contributed by atoms with van der Waals surface area (Å²) in [6.45, 7) is 4.58. The van der Waals surface area contributed by atoms with Crippen LogP contribution in [0.1, 0.15) is 36.9 Å². The van der Waals surface area contributed by atoms with Crippen LogP contribution < -0.4 is 5.32 Å². The van der Waals surface area contributed by atoms with Crippen molar-refractivity contribution >= 4 is 15.9 Å². The van der Waals surface area contributed by atoms with Crippen LogP contribution in [0.3, 0.4) is 0 Å². The maximum absolute atomic E-state index is 12.9. The summed E-state index contributed by atoms with van der Waals surface area (Å²) in [7, 11) is -3.52. The molecule has 0 unspecified atom stereocenters. The van der Waals surface area contributed by atoms with Crippen molar-refractivity contribution < 1.29 is 13.2 Å². The molecule has 1 fully saturated rings. The van der Waals surface area contributed by atoms with E-state index in [9.17, 15) is 13.2 Å². The third-order valence-electron chi connectivity index (χ3n) is 6.04. The van der Waals surface area contributed by atoms with Crippen LogP contribution in [0.5, 0.6) is 0 Å². The van der Waals surface area contributed by atoms with Gasteiger partial charge in [-0.1, -0.05) is 29.8 Å². The smallest absolute Gasteiger partial charge is 0.243 e. The highest BCUT2D eigenvalue weighted by Gasteiger charge is 2.32. The largest absolute Gasteiger partial charge is 0.349 e. The number of nitrogens with zero attached hydrogens (tertiary/aromatic N) is 3. The molecule has 1 aliphatic heterocycles. The molecule has 1 saturated heterocycles. The standard InChI is InChI=1S/C24H28N4O3S/c1-18-3-9-23(10-4-18)32(30,31)28-14-11-21(12-15-28)24(29)26-19(2)20-5-7-22(8-6-20)27-16-13-25-17-27/h3-10,13,16-17,19,21H,11-12,14-15H2,1-2H3,(H,26,29)/t19-/m1/s1. The minimum absolute atomic E-state index is 0.0245. The molecule has 168 valence electrons. The Kier molecular flexibility index (Phi) is 6.43. The van der Waals surface area contributed by atoms with Crippen LogP contribution in [-0.4, -0.2) is 41.3 Å². The molecule has 0 radical (unpaired) electrons. The van der Waals surface area contributed by atoms with Gasteiger partial charge in [0.15, 0.2) is 0 Å². The first kappa shape index (κ1) is 22.2. The molecule has 0 bridgehead atoms. The van der Waals surface area contributed by atoms with Gasteiger partial charge in [-0.15, -0.1) is 0 Å². The van der Waals surface area contributed by atoms with Crippen LogP contribution in [0, 0.1) is 12.8 Å². The number of piperidine rings is 1. The van der Waals surface area contributed by atoms with Crippen molar-refractivity contribution in [3.63, 3.8) is 0 Å². The van der Waals surface area contributed by atoms with E-state index in [1.54, 1.807) is 36.8 Å². The van der Waals surface area contributed by atoms with Crippen molar-refractivity contribution in [3.8, 4) is 5.69 Å². The molecule has 32 heavy (non-hydrogen) atoms. The third-order valence-corrected chi connectivity index (χ3v) is 7.95. The van der Waals surface area contributed by atoms with Crippen LogP contribution >= 0.6 is 0 Å². The number of carbonyl (C=O) groups is 1. The minimum atomic E-state index is -3.52. The maximum Gasteiger partial charge on any atom is 0.243 e. The summed E-state index contributed by atoms with van der Waals surface area (Å²) < 4.78 is 29.1. The molecule has 2 heterocycles. The number of hydrogen-bond acceptors (Lipinski definition) is 4. The molecule has 1 aliphatic rings. The van der Waals surface area contributed by atoms with E-state index in [0.717, 1.165) is 16.8 Å². The Morgan fingerprint density at radius 3 is 2.31 bits per heavy atom. The van der Waals surface area contributed by atoms with E-state index < -0.39 is 10.0 Å². The van der Waals surface area contributed by atoms with E-state index in [4.69, 9.17) is 0 Å². The van der Waals surface area contributed by atoms with Gasteiger partial charge in [-0.2, -0.15) is 4.31 Å². The molecule has 8 heteroatoms. The van der Waals surface area contributed by atoms with Gasteiger partial charge in [0.1, 0.15) is 0 Å². The van der Waals surface area contributed by atoms with Gasteiger partial charge < -0.3 is 9.88 Å². The van der Waals surface area contributed by atoms with Gasteiger partial charge in [0.05, 0.1) is 17.3 Å². The second-order valence-electron chi connectivity index (χ2n) is 8.28. The van der Waals surface area contributed by atoms with E-state index in [1.165, 1.54) is 4.31 Å². The van der Waals surface area contributed by atoms with Gasteiger partial charge in [-0.25, -0.2) is 13.4 Å². The van der Waals surface area contributed by atoms with E-state index in [2.05, 4.69) is 10.3 Å². The van der Waals surface area contributed by atoms with E-state index in [0.29, 0.717) is 30.8 Å². The van der Waals surface area contributed by atoms with Crippen molar-refractivity contribution in [1.82, 2.24) is 19.2 Å². The summed E-state index contributed by atoms with van der Waals surface area (Å²) in [6.07, 6.45) is 6.39. The molecular weight excluding hydrogens is 424 g/mol. The zero-order valence-corrected chi connectivity index (χ0v) is 19.1. The summed E-state index contributed by atoms with van der Waals surface area (Å²) in [5.74, 6) is -0.212. The molecule has 0 spiro atoms. The summed E-state index contributed by atoms with van der Waals surface area (Å²) in [5.41, 5.74) is 3.04. The summed E-state index contributed by atoms with van der Waals surface area (Å²) >= 11 is 0. The van der Waals surface area contributed by atoms with Gasteiger partial charge in [0.25, 0.3) is 0 Å². The van der Waals surface area contributed by atoms with Crippen molar-refractivity contribution in [2.24, 2.45) is 5.92 Å². The monoisotopic (exact) mass is 452 g/mol. The molecule has 1 N–H and O–H groups in total. The average Bonchev–Trinajstić information content (AvgIpc) is 3.34. The molecule has 0 aliphatic carbocycles. The Morgan fingerprint density at radius 1 is 1.06 bits per heavy atom. The first-order valence-corrected chi connectivity index (χ1v) is 12.2. The van der Waals surface area contributed by atoms with Crippen LogP contribution in [-0.2, 0) is 14.8 Å². The lowest BCUT2D eigenvalue weighted by Gasteiger charge is -2.31. The lowest BCUT2D eigenvalue weighted by Crippen LogP contribution is -2.43. The second kappa shape index (κ2) is 9.26. The Hall–Kier alpha value is -2.97. The molecule has 0 saturated carbocycles. The highest BCUT2D eigenvalue weighted by Crippen LogP contribution is 2.25. The fraction of sp³-hybridized carbons (Fsp3) is 0.333.